The molecule has 0 aromatic rings. The van der Waals surface area contributed by atoms with Crippen LogP contribution in [0.15, 0.2) is 0 Å². The topological polar surface area (TPSA) is 237 Å². The van der Waals surface area contributed by atoms with Crippen molar-refractivity contribution in [3.8, 4) is 0 Å². The van der Waals surface area contributed by atoms with Crippen molar-refractivity contribution >= 4 is 39.5 Å². The Morgan fingerprint density at radius 1 is 0.311 bits per heavy atom. The highest BCUT2D eigenvalue weighted by Crippen LogP contribution is 2.45. The minimum absolute atomic E-state index is 0.106. The molecular weight excluding hydrogens is 1190 g/mol. The number of esters is 4. The van der Waals surface area contributed by atoms with Crippen molar-refractivity contribution in [3.63, 3.8) is 0 Å². The molecule has 0 aromatic carbocycles. The highest BCUT2D eigenvalue weighted by atomic mass is 31.2. The van der Waals surface area contributed by atoms with Gasteiger partial charge in [-0.15, -0.1) is 0 Å². The largest absolute Gasteiger partial charge is 0.472 e. The van der Waals surface area contributed by atoms with Gasteiger partial charge in [0.15, 0.2) is 12.2 Å². The molecule has 0 aromatic heterocycles. The minimum Gasteiger partial charge on any atom is -0.462 e. The highest BCUT2D eigenvalue weighted by molar-refractivity contribution is 7.47. The molecule has 0 aliphatic heterocycles. The fourth-order valence-electron chi connectivity index (χ4n) is 10.8. The van der Waals surface area contributed by atoms with E-state index in [0.29, 0.717) is 25.7 Å². The van der Waals surface area contributed by atoms with E-state index in [1.807, 2.05) is 0 Å². The monoisotopic (exact) mass is 1320 g/mol. The van der Waals surface area contributed by atoms with Crippen molar-refractivity contribution in [1.82, 2.24) is 0 Å². The minimum atomic E-state index is -4.95. The second-order valence-corrected chi connectivity index (χ2v) is 28.8. The zero-order valence-electron chi connectivity index (χ0n) is 58.3. The second-order valence-electron chi connectivity index (χ2n) is 25.9. The van der Waals surface area contributed by atoms with Gasteiger partial charge < -0.3 is 33.8 Å². The van der Waals surface area contributed by atoms with Crippen LogP contribution < -0.4 is 0 Å². The molecule has 0 bridgehead atoms. The molecule has 6 atom stereocenters. The number of hydrogen-bond donors (Lipinski definition) is 3. The SMILES string of the molecule is CCCCCCCCCCCCCCCCCCCCC(=O)O[C@H](COC(=O)CCCCCCCCCCCCC(C)CC)COP(=O)(O)OC[C@@H](O)COP(=O)(O)OC[C@@H](COC(=O)CCCCCCCCCC)OC(=O)CCCCCCCCCCCC. The Hall–Kier alpha value is -1.94. The number of aliphatic hydroxyl groups excluding tert-OH is 1. The van der Waals surface area contributed by atoms with E-state index in [-0.39, 0.29) is 25.7 Å². The lowest BCUT2D eigenvalue weighted by Gasteiger charge is -2.21. The van der Waals surface area contributed by atoms with Crippen LogP contribution in [-0.2, 0) is 65.4 Å². The molecule has 0 amide bonds. The number of unbranched alkanes of at least 4 members (excludes halogenated alkanes) is 42. The second kappa shape index (κ2) is 64.4. The number of ether oxygens (including phenoxy) is 4. The first-order valence-electron chi connectivity index (χ1n) is 37.2. The summed E-state index contributed by atoms with van der Waals surface area (Å²) in [6.07, 6.45) is 51.3. The summed E-state index contributed by atoms with van der Waals surface area (Å²) < 4.78 is 68.2. The van der Waals surface area contributed by atoms with E-state index in [0.717, 1.165) is 102 Å². The smallest absolute Gasteiger partial charge is 0.462 e. The molecule has 90 heavy (non-hydrogen) atoms. The summed E-state index contributed by atoms with van der Waals surface area (Å²) >= 11 is 0. The van der Waals surface area contributed by atoms with Gasteiger partial charge in [-0.05, 0) is 31.6 Å². The van der Waals surface area contributed by atoms with Gasteiger partial charge in [0.2, 0.25) is 0 Å². The lowest BCUT2D eigenvalue weighted by Crippen LogP contribution is -2.30. The summed E-state index contributed by atoms with van der Waals surface area (Å²) in [4.78, 5) is 72.5. The predicted molar refractivity (Wildman–Crippen MR) is 363 cm³/mol. The summed E-state index contributed by atoms with van der Waals surface area (Å²) in [5.41, 5.74) is 0. The van der Waals surface area contributed by atoms with Gasteiger partial charge in [0.1, 0.15) is 19.3 Å². The summed E-state index contributed by atoms with van der Waals surface area (Å²) in [5, 5.41) is 10.6. The van der Waals surface area contributed by atoms with Gasteiger partial charge in [0.05, 0.1) is 26.4 Å². The molecular formula is C71H138O17P2. The van der Waals surface area contributed by atoms with E-state index in [1.54, 1.807) is 0 Å². The van der Waals surface area contributed by atoms with Crippen molar-refractivity contribution in [1.29, 1.82) is 0 Å². The van der Waals surface area contributed by atoms with Crippen LogP contribution >= 0.6 is 15.6 Å². The van der Waals surface area contributed by atoms with Crippen LogP contribution in [0.4, 0.5) is 0 Å². The maximum absolute atomic E-state index is 13.0. The number of phosphoric acid groups is 2. The number of carbonyl (C=O) groups is 4. The van der Waals surface area contributed by atoms with Gasteiger partial charge in [-0.2, -0.15) is 0 Å². The van der Waals surface area contributed by atoms with E-state index in [9.17, 15) is 43.2 Å². The highest BCUT2D eigenvalue weighted by Gasteiger charge is 2.30. The summed E-state index contributed by atoms with van der Waals surface area (Å²) in [6, 6.07) is 0. The first-order valence-corrected chi connectivity index (χ1v) is 40.2. The molecule has 0 radical (unpaired) electrons. The molecule has 0 aliphatic carbocycles. The molecule has 534 valence electrons. The Morgan fingerprint density at radius 3 is 0.789 bits per heavy atom. The number of aliphatic hydroxyl groups is 1. The summed E-state index contributed by atoms with van der Waals surface area (Å²) in [6.45, 7) is 7.25. The lowest BCUT2D eigenvalue weighted by molar-refractivity contribution is -0.161. The van der Waals surface area contributed by atoms with Gasteiger partial charge in [0, 0.05) is 25.7 Å². The van der Waals surface area contributed by atoms with Gasteiger partial charge >= 0.3 is 39.5 Å². The van der Waals surface area contributed by atoms with Crippen molar-refractivity contribution in [2.24, 2.45) is 5.92 Å². The first-order chi connectivity index (χ1) is 43.6. The number of rotatable bonds is 71. The summed E-state index contributed by atoms with van der Waals surface area (Å²) in [7, 11) is -9.90. The Labute approximate surface area is 549 Å². The Balaban J connectivity index is 5.20. The van der Waals surface area contributed by atoms with E-state index >= 15 is 0 Å². The van der Waals surface area contributed by atoms with E-state index in [1.165, 1.54) is 186 Å². The average molecular weight is 1330 g/mol. The molecule has 0 saturated heterocycles. The van der Waals surface area contributed by atoms with Crippen LogP contribution in [0.5, 0.6) is 0 Å². The molecule has 0 fully saturated rings. The molecule has 0 spiro atoms. The predicted octanol–water partition coefficient (Wildman–Crippen LogP) is 20.5. The maximum Gasteiger partial charge on any atom is 0.472 e. The Morgan fingerprint density at radius 2 is 0.533 bits per heavy atom. The third kappa shape index (κ3) is 63.5. The Bertz CT molecular complexity index is 1740. The van der Waals surface area contributed by atoms with Gasteiger partial charge in [0.25, 0.3) is 0 Å². The first kappa shape index (κ1) is 88.1. The molecule has 0 heterocycles. The average Bonchev–Trinajstić information content (AvgIpc) is 2.34. The maximum atomic E-state index is 13.0. The van der Waals surface area contributed by atoms with Crippen LogP contribution in [0, 0.1) is 5.92 Å². The quantitative estimate of drug-likeness (QED) is 0.0222. The Kier molecular flexibility index (Phi) is 63.0. The van der Waals surface area contributed by atoms with E-state index < -0.39 is 97.5 Å². The van der Waals surface area contributed by atoms with Crippen LogP contribution in [0.3, 0.4) is 0 Å². The molecule has 3 unspecified atom stereocenters. The number of carbonyl (C=O) groups excluding carboxylic acids is 4. The third-order valence-corrected chi connectivity index (χ3v) is 18.8. The third-order valence-electron chi connectivity index (χ3n) is 16.9. The van der Waals surface area contributed by atoms with Crippen LogP contribution in [0.1, 0.15) is 369 Å². The lowest BCUT2D eigenvalue weighted by atomic mass is 9.99. The van der Waals surface area contributed by atoms with E-state index in [4.69, 9.17) is 37.0 Å². The molecule has 19 heteroatoms. The molecule has 3 N–H and O–H groups in total. The number of phosphoric ester groups is 2. The van der Waals surface area contributed by atoms with Crippen LogP contribution in [0.25, 0.3) is 0 Å². The van der Waals surface area contributed by atoms with Crippen LogP contribution in [0.2, 0.25) is 0 Å². The van der Waals surface area contributed by atoms with Crippen LogP contribution in [-0.4, -0.2) is 96.7 Å². The zero-order valence-corrected chi connectivity index (χ0v) is 60.1. The van der Waals surface area contributed by atoms with Crippen molar-refractivity contribution in [2.75, 3.05) is 39.6 Å². The zero-order chi connectivity index (χ0) is 66.3. The molecule has 0 saturated carbocycles. The van der Waals surface area contributed by atoms with Crippen molar-refractivity contribution < 1.29 is 80.2 Å². The van der Waals surface area contributed by atoms with Crippen molar-refractivity contribution in [3.05, 3.63) is 0 Å². The molecule has 0 rings (SSSR count). The fourth-order valence-corrected chi connectivity index (χ4v) is 12.4. The number of hydrogen-bond acceptors (Lipinski definition) is 15. The van der Waals surface area contributed by atoms with Gasteiger partial charge in [-0.1, -0.05) is 317 Å². The normalized spacial score (nSPS) is 14.4. The standard InChI is InChI=1S/C71H138O17P2/c1-6-10-13-16-19-22-24-25-26-27-28-29-30-31-37-42-47-52-57-71(76)88-67(61-82-69(74)55-50-45-40-36-33-32-34-38-43-48-53-64(5)9-4)63-86-90(79,80)84-59-65(72)58-83-89(77,78)85-62-66(60-81-68(73)54-49-44-39-21-18-15-12-8-3)87-70(75)56-51-46-41-35-23-20-17-14-11-7-2/h64-67,72H,6-63H2,1-5H3,(H,77,78)(H,79,80)/t64?,65-,66+,67+/m0/s1. The van der Waals surface area contributed by atoms with E-state index in [2.05, 4.69) is 34.6 Å². The van der Waals surface area contributed by atoms with Gasteiger partial charge in [-0.3, -0.25) is 37.3 Å². The molecule has 0 aliphatic rings. The van der Waals surface area contributed by atoms with Gasteiger partial charge in [-0.25, -0.2) is 9.13 Å². The molecule has 17 nitrogen and oxygen atoms in total. The fraction of sp³-hybridized carbons (Fsp3) is 0.944. The summed E-state index contributed by atoms with van der Waals surface area (Å²) in [5.74, 6) is -1.31. The van der Waals surface area contributed by atoms with Crippen molar-refractivity contribution in [2.45, 2.75) is 387 Å².